The van der Waals surface area contributed by atoms with Crippen molar-refractivity contribution >= 4 is 35.7 Å². The minimum Gasteiger partial charge on any atom is -0.321 e. The van der Waals surface area contributed by atoms with Crippen LogP contribution in [0.3, 0.4) is 0 Å². The fraction of sp³-hybridized carbons (Fsp3) is 0.333. The van der Waals surface area contributed by atoms with E-state index in [-0.39, 0.29) is 4.90 Å². The number of halogens is 2. The molecule has 82 valence electrons. The average molecular weight is 311 g/mol. The standard InChI is InChI=1S/C9H9BrClNO2S/c10-6-1-2-8(15(11,13)14)7(5-6)9(12)3-4-9/h1-2,5H,3-4,12H2. The number of hydrogen-bond donors (Lipinski definition) is 1. The first-order valence-corrected chi connectivity index (χ1v) is 7.47. The summed E-state index contributed by atoms with van der Waals surface area (Å²) < 4.78 is 23.5. The Hall–Kier alpha value is -0.100. The Kier molecular flexibility index (Phi) is 2.62. The first-order chi connectivity index (χ1) is 6.83. The second kappa shape index (κ2) is 3.45. The van der Waals surface area contributed by atoms with Gasteiger partial charge < -0.3 is 5.73 Å². The molecule has 3 nitrogen and oxygen atoms in total. The zero-order valence-electron chi connectivity index (χ0n) is 7.70. The van der Waals surface area contributed by atoms with Crippen LogP contribution in [0.2, 0.25) is 0 Å². The molecule has 0 spiro atoms. The number of benzene rings is 1. The van der Waals surface area contributed by atoms with Crippen molar-refractivity contribution in [1.29, 1.82) is 0 Å². The smallest absolute Gasteiger partial charge is 0.261 e. The van der Waals surface area contributed by atoms with Crippen LogP contribution in [0.15, 0.2) is 27.6 Å². The van der Waals surface area contributed by atoms with Gasteiger partial charge in [-0.1, -0.05) is 15.9 Å². The fourth-order valence-corrected chi connectivity index (χ4v) is 3.03. The van der Waals surface area contributed by atoms with Crippen LogP contribution in [-0.2, 0) is 14.6 Å². The number of hydrogen-bond acceptors (Lipinski definition) is 3. The Labute approximate surface area is 101 Å². The fourth-order valence-electron chi connectivity index (χ4n) is 1.51. The topological polar surface area (TPSA) is 60.2 Å². The van der Waals surface area contributed by atoms with Crippen molar-refractivity contribution < 1.29 is 8.42 Å². The quantitative estimate of drug-likeness (QED) is 0.853. The second-order valence-corrected chi connectivity index (χ2v) is 7.18. The van der Waals surface area contributed by atoms with Gasteiger partial charge in [0.25, 0.3) is 9.05 Å². The summed E-state index contributed by atoms with van der Waals surface area (Å²) in [6.07, 6.45) is 1.59. The molecule has 0 aromatic heterocycles. The Bertz CT molecular complexity index is 511. The summed E-state index contributed by atoms with van der Waals surface area (Å²) >= 11 is 3.29. The third-order valence-corrected chi connectivity index (χ3v) is 4.40. The molecule has 6 heteroatoms. The van der Waals surface area contributed by atoms with Crippen molar-refractivity contribution in [2.45, 2.75) is 23.3 Å². The molecule has 0 atom stereocenters. The van der Waals surface area contributed by atoms with Gasteiger partial charge in [0.1, 0.15) is 0 Å². The molecule has 1 saturated carbocycles. The van der Waals surface area contributed by atoms with E-state index in [0.717, 1.165) is 17.3 Å². The van der Waals surface area contributed by atoms with Crippen LogP contribution in [0.25, 0.3) is 0 Å². The summed E-state index contributed by atoms with van der Waals surface area (Å²) in [6.45, 7) is 0. The highest BCUT2D eigenvalue weighted by molar-refractivity contribution is 9.10. The molecule has 0 saturated heterocycles. The van der Waals surface area contributed by atoms with Crippen molar-refractivity contribution in [1.82, 2.24) is 0 Å². The molecule has 0 amide bonds. The van der Waals surface area contributed by atoms with E-state index < -0.39 is 14.6 Å². The molecule has 0 unspecified atom stereocenters. The van der Waals surface area contributed by atoms with Crippen molar-refractivity contribution in [2.24, 2.45) is 5.73 Å². The molecule has 1 aliphatic rings. The van der Waals surface area contributed by atoms with E-state index in [2.05, 4.69) is 15.9 Å². The minimum atomic E-state index is -3.72. The van der Waals surface area contributed by atoms with Crippen LogP contribution in [0.5, 0.6) is 0 Å². The van der Waals surface area contributed by atoms with Gasteiger partial charge in [0, 0.05) is 20.7 Å². The normalized spacial score (nSPS) is 18.9. The molecule has 1 aromatic rings. The average Bonchev–Trinajstić information content (AvgIpc) is 2.83. The third-order valence-electron chi connectivity index (χ3n) is 2.53. The van der Waals surface area contributed by atoms with Gasteiger partial charge in [-0.15, -0.1) is 0 Å². The summed E-state index contributed by atoms with van der Waals surface area (Å²) in [4.78, 5) is 0.118. The monoisotopic (exact) mass is 309 g/mol. The van der Waals surface area contributed by atoms with E-state index in [9.17, 15) is 8.42 Å². The molecule has 0 aliphatic heterocycles. The summed E-state index contributed by atoms with van der Waals surface area (Å²) in [5, 5.41) is 0. The maximum atomic E-state index is 11.3. The lowest BCUT2D eigenvalue weighted by Gasteiger charge is -2.13. The summed E-state index contributed by atoms with van der Waals surface area (Å²) in [5.74, 6) is 0. The van der Waals surface area contributed by atoms with Gasteiger partial charge in [0.2, 0.25) is 0 Å². The van der Waals surface area contributed by atoms with Gasteiger partial charge in [0.05, 0.1) is 4.90 Å². The Morgan fingerprint density at radius 3 is 2.47 bits per heavy atom. The van der Waals surface area contributed by atoms with Crippen LogP contribution in [0.4, 0.5) is 0 Å². The summed E-state index contributed by atoms with van der Waals surface area (Å²) in [5.41, 5.74) is 6.08. The van der Waals surface area contributed by atoms with Crippen LogP contribution < -0.4 is 5.73 Å². The predicted molar refractivity (Wildman–Crippen MR) is 62.3 cm³/mol. The lowest BCUT2D eigenvalue weighted by atomic mass is 10.1. The van der Waals surface area contributed by atoms with Crippen LogP contribution in [0, 0.1) is 0 Å². The SMILES string of the molecule is NC1(c2cc(Br)ccc2S(=O)(=O)Cl)CC1. The maximum Gasteiger partial charge on any atom is 0.261 e. The molecule has 1 aliphatic carbocycles. The molecule has 2 rings (SSSR count). The second-order valence-electron chi connectivity index (χ2n) is 3.73. The Morgan fingerprint density at radius 2 is 2.00 bits per heavy atom. The molecule has 2 N–H and O–H groups in total. The summed E-state index contributed by atoms with van der Waals surface area (Å²) in [7, 11) is 1.63. The van der Waals surface area contributed by atoms with E-state index in [0.29, 0.717) is 5.56 Å². The van der Waals surface area contributed by atoms with E-state index in [1.54, 1.807) is 12.1 Å². The molecular formula is C9H9BrClNO2S. The zero-order chi connectivity index (χ0) is 11.3. The van der Waals surface area contributed by atoms with E-state index in [1.165, 1.54) is 6.07 Å². The van der Waals surface area contributed by atoms with Gasteiger partial charge in [-0.05, 0) is 36.6 Å². The van der Waals surface area contributed by atoms with Gasteiger partial charge in [0.15, 0.2) is 0 Å². The maximum absolute atomic E-state index is 11.3. The molecule has 0 bridgehead atoms. The first-order valence-electron chi connectivity index (χ1n) is 4.36. The van der Waals surface area contributed by atoms with E-state index in [1.807, 2.05) is 0 Å². The zero-order valence-corrected chi connectivity index (χ0v) is 10.9. The Balaban J connectivity index is 2.65. The highest BCUT2D eigenvalue weighted by atomic mass is 79.9. The summed E-state index contributed by atoms with van der Waals surface area (Å²) in [6, 6.07) is 4.85. The molecule has 1 fully saturated rings. The van der Waals surface area contributed by atoms with Crippen LogP contribution >= 0.6 is 26.6 Å². The van der Waals surface area contributed by atoms with Crippen LogP contribution in [-0.4, -0.2) is 8.42 Å². The number of rotatable bonds is 2. The van der Waals surface area contributed by atoms with Gasteiger partial charge >= 0.3 is 0 Å². The molecule has 1 aromatic carbocycles. The largest absolute Gasteiger partial charge is 0.321 e. The molecule has 0 heterocycles. The molecular weight excluding hydrogens is 302 g/mol. The van der Waals surface area contributed by atoms with Crippen molar-refractivity contribution in [3.8, 4) is 0 Å². The lowest BCUT2D eigenvalue weighted by molar-refractivity contribution is 0.604. The predicted octanol–water partition coefficient (Wildman–Crippen LogP) is 2.32. The highest BCUT2D eigenvalue weighted by Gasteiger charge is 2.43. The van der Waals surface area contributed by atoms with Crippen molar-refractivity contribution in [3.63, 3.8) is 0 Å². The van der Waals surface area contributed by atoms with Crippen molar-refractivity contribution in [2.75, 3.05) is 0 Å². The van der Waals surface area contributed by atoms with Gasteiger partial charge in [-0.3, -0.25) is 0 Å². The van der Waals surface area contributed by atoms with E-state index in [4.69, 9.17) is 16.4 Å². The highest BCUT2D eigenvalue weighted by Crippen LogP contribution is 2.46. The number of nitrogens with two attached hydrogens (primary N) is 1. The van der Waals surface area contributed by atoms with Gasteiger partial charge in [-0.2, -0.15) is 0 Å². The molecule has 0 radical (unpaired) electrons. The lowest BCUT2D eigenvalue weighted by Crippen LogP contribution is -2.21. The van der Waals surface area contributed by atoms with Gasteiger partial charge in [-0.25, -0.2) is 8.42 Å². The third kappa shape index (κ3) is 2.20. The van der Waals surface area contributed by atoms with E-state index >= 15 is 0 Å². The molecule has 15 heavy (non-hydrogen) atoms. The van der Waals surface area contributed by atoms with Crippen molar-refractivity contribution in [3.05, 3.63) is 28.2 Å². The first kappa shape index (κ1) is 11.4. The van der Waals surface area contributed by atoms with Crippen LogP contribution in [0.1, 0.15) is 18.4 Å². The Morgan fingerprint density at radius 1 is 1.40 bits per heavy atom. The minimum absolute atomic E-state index is 0.118.